The van der Waals surface area contributed by atoms with Gasteiger partial charge in [0.1, 0.15) is 0 Å². The van der Waals surface area contributed by atoms with Crippen molar-refractivity contribution >= 4 is 16.3 Å². The van der Waals surface area contributed by atoms with Crippen LogP contribution in [0.1, 0.15) is 0 Å². The molecule has 10 heavy (non-hydrogen) atoms. The van der Waals surface area contributed by atoms with Crippen LogP contribution in [0, 0.1) is 0 Å². The summed E-state index contributed by atoms with van der Waals surface area (Å²) >= 11 is 0. The Morgan fingerprint density at radius 1 is 1.50 bits per heavy atom. The van der Waals surface area contributed by atoms with Gasteiger partial charge in [0, 0.05) is 0 Å². The minimum atomic E-state index is -4.60. The van der Waals surface area contributed by atoms with Crippen LogP contribution in [0.3, 0.4) is 0 Å². The molecule has 0 atom stereocenters. The van der Waals surface area contributed by atoms with Crippen molar-refractivity contribution in [2.24, 2.45) is 5.14 Å². The molecule has 0 saturated heterocycles. The van der Waals surface area contributed by atoms with Crippen molar-refractivity contribution in [1.29, 1.82) is 0 Å². The lowest BCUT2D eigenvalue weighted by Crippen LogP contribution is -2.24. The van der Waals surface area contributed by atoms with Crippen molar-refractivity contribution in [1.82, 2.24) is 0 Å². The van der Waals surface area contributed by atoms with Gasteiger partial charge in [-0.15, -0.1) is 0 Å². The molecule has 0 aromatic carbocycles. The third-order valence-corrected chi connectivity index (χ3v) is 0.773. The van der Waals surface area contributed by atoms with E-state index in [4.69, 9.17) is 0 Å². The van der Waals surface area contributed by atoms with E-state index in [9.17, 15) is 22.0 Å². The molecule has 0 unspecified atom stereocenters. The summed E-state index contributed by atoms with van der Waals surface area (Å²) in [6.07, 6.45) is -3.49. The minimum absolute atomic E-state index is 2.18. The standard InChI is InChI=1S/C2H3F2NO4S/c3-1(4)2(6)9-10(5,7)8/h1H,(H2,5,7,8). The molecule has 0 heterocycles. The first-order valence-corrected chi connectivity index (χ1v) is 3.34. The number of nitrogens with two attached hydrogens (primary N) is 1. The summed E-state index contributed by atoms with van der Waals surface area (Å²) in [5.74, 6) is -2.18. The highest BCUT2D eigenvalue weighted by atomic mass is 32.2. The van der Waals surface area contributed by atoms with E-state index >= 15 is 0 Å². The van der Waals surface area contributed by atoms with E-state index in [2.05, 4.69) is 9.32 Å². The van der Waals surface area contributed by atoms with Crippen LogP contribution in [0.4, 0.5) is 8.78 Å². The molecule has 0 aromatic rings. The van der Waals surface area contributed by atoms with E-state index in [0.29, 0.717) is 0 Å². The Morgan fingerprint density at radius 2 is 1.90 bits per heavy atom. The average molecular weight is 175 g/mol. The van der Waals surface area contributed by atoms with Crippen molar-refractivity contribution in [3.63, 3.8) is 0 Å². The van der Waals surface area contributed by atoms with Gasteiger partial charge >= 0.3 is 22.7 Å². The number of halogens is 2. The third-order valence-electron chi connectivity index (χ3n) is 0.376. The molecule has 8 heteroatoms. The second-order valence-electron chi connectivity index (χ2n) is 1.20. The number of hydrogen-bond donors (Lipinski definition) is 1. The Kier molecular flexibility index (Phi) is 2.66. The largest absolute Gasteiger partial charge is 0.390 e. The first-order chi connectivity index (χ1) is 4.33. The highest BCUT2D eigenvalue weighted by molar-refractivity contribution is 7.84. The topological polar surface area (TPSA) is 86.5 Å². The zero-order chi connectivity index (χ0) is 8.36. The zero-order valence-electron chi connectivity index (χ0n) is 4.45. The fourth-order valence-corrected chi connectivity index (χ4v) is 0.453. The molecule has 0 aliphatic rings. The van der Waals surface area contributed by atoms with Gasteiger partial charge in [0.15, 0.2) is 0 Å². The summed E-state index contributed by atoms with van der Waals surface area (Å²) in [4.78, 5) is 9.73. The Labute approximate surface area is 55.0 Å². The molecular weight excluding hydrogens is 172 g/mol. The van der Waals surface area contributed by atoms with Gasteiger partial charge in [-0.2, -0.15) is 22.3 Å². The number of hydrogen-bond acceptors (Lipinski definition) is 4. The Hall–Kier alpha value is -0.760. The fraction of sp³-hybridized carbons (Fsp3) is 0.500. The maximum Gasteiger partial charge on any atom is 0.390 e. The molecule has 0 fully saturated rings. The third kappa shape index (κ3) is 4.15. The van der Waals surface area contributed by atoms with Crippen molar-refractivity contribution in [2.75, 3.05) is 0 Å². The molecule has 0 bridgehead atoms. The molecule has 0 saturated carbocycles. The molecule has 0 aliphatic carbocycles. The summed E-state index contributed by atoms with van der Waals surface area (Å²) in [7, 11) is -4.60. The van der Waals surface area contributed by atoms with Gasteiger partial charge in [0.05, 0.1) is 0 Å². The van der Waals surface area contributed by atoms with Gasteiger partial charge < -0.3 is 4.18 Å². The van der Waals surface area contributed by atoms with Gasteiger partial charge in [-0.25, -0.2) is 4.79 Å². The highest BCUT2D eigenvalue weighted by Gasteiger charge is 2.21. The maximum absolute atomic E-state index is 11.2. The molecule has 0 aromatic heterocycles. The molecule has 60 valence electrons. The van der Waals surface area contributed by atoms with Crippen molar-refractivity contribution < 1.29 is 26.2 Å². The first kappa shape index (κ1) is 9.24. The Balaban J connectivity index is 4.07. The van der Waals surface area contributed by atoms with Crippen LogP contribution in [0.2, 0.25) is 0 Å². The Bertz CT molecular complexity index is 221. The van der Waals surface area contributed by atoms with Gasteiger partial charge in [0.2, 0.25) is 0 Å². The van der Waals surface area contributed by atoms with Crippen molar-refractivity contribution in [3.8, 4) is 0 Å². The van der Waals surface area contributed by atoms with E-state index < -0.39 is 22.7 Å². The first-order valence-electron chi connectivity index (χ1n) is 1.87. The van der Waals surface area contributed by atoms with Crippen LogP contribution < -0.4 is 5.14 Å². The molecule has 5 nitrogen and oxygen atoms in total. The number of alkyl halides is 2. The van der Waals surface area contributed by atoms with Gasteiger partial charge in [-0.1, -0.05) is 0 Å². The molecule has 0 spiro atoms. The highest BCUT2D eigenvalue weighted by Crippen LogP contribution is 1.96. The van der Waals surface area contributed by atoms with E-state index in [0.717, 1.165) is 0 Å². The predicted octanol–water partition coefficient (Wildman–Crippen LogP) is -1.00. The summed E-state index contributed by atoms with van der Waals surface area (Å²) in [6, 6.07) is 0. The molecule has 0 aliphatic heterocycles. The second kappa shape index (κ2) is 2.88. The zero-order valence-corrected chi connectivity index (χ0v) is 5.27. The lowest BCUT2D eigenvalue weighted by molar-refractivity contribution is -0.145. The summed E-state index contributed by atoms with van der Waals surface area (Å²) < 4.78 is 44.9. The lowest BCUT2D eigenvalue weighted by Gasteiger charge is -1.97. The number of rotatable bonds is 2. The molecular formula is C2H3F2NO4S. The van der Waals surface area contributed by atoms with Crippen LogP contribution in [0.25, 0.3) is 0 Å². The SMILES string of the molecule is NS(=O)(=O)OC(=O)C(F)F. The van der Waals surface area contributed by atoms with Crippen LogP contribution in [0.15, 0.2) is 0 Å². The Morgan fingerprint density at radius 3 is 2.00 bits per heavy atom. The van der Waals surface area contributed by atoms with Crippen LogP contribution in [-0.4, -0.2) is 20.8 Å². The van der Waals surface area contributed by atoms with Crippen LogP contribution in [-0.2, 0) is 19.3 Å². The minimum Gasteiger partial charge on any atom is -0.329 e. The monoisotopic (exact) mass is 175 g/mol. The summed E-state index contributed by atoms with van der Waals surface area (Å²) in [5, 5.41) is 4.07. The van der Waals surface area contributed by atoms with Gasteiger partial charge in [-0.3, -0.25) is 0 Å². The van der Waals surface area contributed by atoms with Crippen molar-refractivity contribution in [3.05, 3.63) is 0 Å². The summed E-state index contributed by atoms with van der Waals surface area (Å²) in [6.45, 7) is 0. The average Bonchev–Trinajstić information content (AvgIpc) is 1.60. The predicted molar refractivity (Wildman–Crippen MR) is 25.2 cm³/mol. The quantitative estimate of drug-likeness (QED) is 0.583. The summed E-state index contributed by atoms with van der Waals surface area (Å²) in [5.41, 5.74) is 0. The fourth-order valence-electron chi connectivity index (χ4n) is 0.151. The smallest absolute Gasteiger partial charge is 0.329 e. The molecule has 0 amide bonds. The maximum atomic E-state index is 11.2. The molecule has 2 N–H and O–H groups in total. The normalized spacial score (nSPS) is 11.6. The van der Waals surface area contributed by atoms with E-state index in [1.807, 2.05) is 0 Å². The van der Waals surface area contributed by atoms with E-state index in [-0.39, 0.29) is 0 Å². The van der Waals surface area contributed by atoms with Crippen molar-refractivity contribution in [2.45, 2.75) is 6.43 Å². The second-order valence-corrected chi connectivity index (χ2v) is 2.35. The number of carbonyl (C=O) groups excluding carboxylic acids is 1. The van der Waals surface area contributed by atoms with Crippen LogP contribution >= 0.6 is 0 Å². The van der Waals surface area contributed by atoms with Crippen LogP contribution in [0.5, 0.6) is 0 Å². The molecule has 0 radical (unpaired) electrons. The van der Waals surface area contributed by atoms with E-state index in [1.165, 1.54) is 0 Å². The van der Waals surface area contributed by atoms with E-state index in [1.54, 1.807) is 0 Å². The van der Waals surface area contributed by atoms with Gasteiger partial charge in [0.25, 0.3) is 0 Å². The molecule has 0 rings (SSSR count). The lowest BCUT2D eigenvalue weighted by atomic mass is 10.7. The number of carbonyl (C=O) groups is 1. The van der Waals surface area contributed by atoms with Gasteiger partial charge in [-0.05, 0) is 0 Å².